The highest BCUT2D eigenvalue weighted by molar-refractivity contribution is 5.99. The number of para-hydroxylation sites is 1. The SMILES string of the molecule is CCCN(CC(=O)Nc1c(-c2ccccc2)c(C)nn1-c1ccccc1C)C(=O)Nc1ccc(OC)cc1OC. The Balaban J connectivity index is 1.62. The maximum absolute atomic E-state index is 13.5. The van der Waals surface area contributed by atoms with Gasteiger partial charge in [0.15, 0.2) is 0 Å². The average molecular weight is 542 g/mol. The number of nitrogens with one attached hydrogen (secondary N) is 2. The lowest BCUT2D eigenvalue weighted by atomic mass is 10.1. The maximum atomic E-state index is 13.5. The van der Waals surface area contributed by atoms with Gasteiger partial charge in [-0.15, -0.1) is 0 Å². The second-order valence-electron chi connectivity index (χ2n) is 9.34. The van der Waals surface area contributed by atoms with Crippen molar-refractivity contribution in [1.29, 1.82) is 0 Å². The van der Waals surface area contributed by atoms with Crippen molar-refractivity contribution in [3.63, 3.8) is 0 Å². The molecule has 0 saturated heterocycles. The zero-order valence-corrected chi connectivity index (χ0v) is 23.5. The van der Waals surface area contributed by atoms with Gasteiger partial charge in [0, 0.05) is 18.2 Å². The summed E-state index contributed by atoms with van der Waals surface area (Å²) >= 11 is 0. The van der Waals surface area contributed by atoms with Gasteiger partial charge in [-0.3, -0.25) is 4.79 Å². The first-order valence-electron chi connectivity index (χ1n) is 13.1. The van der Waals surface area contributed by atoms with Crippen LogP contribution in [0.4, 0.5) is 16.3 Å². The molecule has 0 bridgehead atoms. The van der Waals surface area contributed by atoms with Crippen molar-refractivity contribution >= 4 is 23.4 Å². The normalized spacial score (nSPS) is 10.6. The molecule has 0 atom stereocenters. The fourth-order valence-electron chi connectivity index (χ4n) is 4.53. The van der Waals surface area contributed by atoms with Crippen molar-refractivity contribution in [2.75, 3.05) is 37.9 Å². The summed E-state index contributed by atoms with van der Waals surface area (Å²) in [5.74, 6) is 1.28. The first kappa shape index (κ1) is 28.2. The van der Waals surface area contributed by atoms with E-state index in [1.807, 2.05) is 75.4 Å². The van der Waals surface area contributed by atoms with Crippen LogP contribution in [-0.2, 0) is 4.79 Å². The molecule has 208 valence electrons. The van der Waals surface area contributed by atoms with Crippen molar-refractivity contribution in [2.45, 2.75) is 27.2 Å². The minimum atomic E-state index is -0.410. The number of hydrogen-bond acceptors (Lipinski definition) is 5. The smallest absolute Gasteiger partial charge is 0.322 e. The van der Waals surface area contributed by atoms with Crippen LogP contribution in [-0.4, -0.2) is 53.9 Å². The molecular weight excluding hydrogens is 506 g/mol. The number of nitrogens with zero attached hydrogens (tertiary/aromatic N) is 3. The molecule has 4 rings (SSSR count). The lowest BCUT2D eigenvalue weighted by Gasteiger charge is -2.23. The van der Waals surface area contributed by atoms with E-state index in [0.29, 0.717) is 36.0 Å². The third-order valence-electron chi connectivity index (χ3n) is 6.49. The maximum Gasteiger partial charge on any atom is 0.322 e. The Morgan fingerprint density at radius 3 is 2.33 bits per heavy atom. The minimum Gasteiger partial charge on any atom is -0.497 e. The highest BCUT2D eigenvalue weighted by Gasteiger charge is 2.23. The molecular formula is C31H35N5O4. The van der Waals surface area contributed by atoms with Gasteiger partial charge >= 0.3 is 6.03 Å². The van der Waals surface area contributed by atoms with E-state index in [1.54, 1.807) is 30.0 Å². The van der Waals surface area contributed by atoms with E-state index < -0.39 is 6.03 Å². The lowest BCUT2D eigenvalue weighted by molar-refractivity contribution is -0.116. The largest absolute Gasteiger partial charge is 0.497 e. The standard InChI is InChI=1S/C31H35N5O4/c1-6-18-35(31(38)32-25-17-16-24(39-4)19-27(25)40-5)20-28(37)33-30-29(23-13-8-7-9-14-23)22(3)34-36(30)26-15-11-10-12-21(26)2/h7-17,19H,6,18,20H2,1-5H3,(H,32,38)(H,33,37). The molecule has 0 saturated carbocycles. The van der Waals surface area contributed by atoms with Gasteiger partial charge in [0.25, 0.3) is 0 Å². The molecule has 0 unspecified atom stereocenters. The predicted molar refractivity (Wildman–Crippen MR) is 158 cm³/mol. The van der Waals surface area contributed by atoms with E-state index in [-0.39, 0.29) is 12.5 Å². The molecule has 4 aromatic rings. The number of urea groups is 1. The van der Waals surface area contributed by atoms with Crippen LogP contribution in [0.5, 0.6) is 11.5 Å². The third kappa shape index (κ3) is 6.26. The number of rotatable bonds is 10. The molecule has 40 heavy (non-hydrogen) atoms. The van der Waals surface area contributed by atoms with Crippen LogP contribution in [0, 0.1) is 13.8 Å². The van der Waals surface area contributed by atoms with Gasteiger partial charge in [0.2, 0.25) is 5.91 Å². The Labute approximate surface area is 234 Å². The van der Waals surface area contributed by atoms with E-state index in [9.17, 15) is 9.59 Å². The molecule has 0 aliphatic carbocycles. The monoisotopic (exact) mass is 541 g/mol. The molecule has 9 heteroatoms. The summed E-state index contributed by atoms with van der Waals surface area (Å²) in [6, 6.07) is 22.4. The van der Waals surface area contributed by atoms with Gasteiger partial charge in [0.05, 0.1) is 31.3 Å². The molecule has 1 aromatic heterocycles. The van der Waals surface area contributed by atoms with E-state index in [1.165, 1.54) is 12.0 Å². The summed E-state index contributed by atoms with van der Waals surface area (Å²) in [5, 5.41) is 10.7. The minimum absolute atomic E-state index is 0.148. The van der Waals surface area contributed by atoms with Gasteiger partial charge in [-0.1, -0.05) is 55.5 Å². The number of carbonyl (C=O) groups excluding carboxylic acids is 2. The number of ether oxygens (including phenoxy) is 2. The van der Waals surface area contributed by atoms with E-state index in [4.69, 9.17) is 14.6 Å². The second-order valence-corrected chi connectivity index (χ2v) is 9.34. The van der Waals surface area contributed by atoms with Crippen molar-refractivity contribution < 1.29 is 19.1 Å². The first-order valence-corrected chi connectivity index (χ1v) is 13.1. The quantitative estimate of drug-likeness (QED) is 0.255. The van der Waals surface area contributed by atoms with E-state index >= 15 is 0 Å². The lowest BCUT2D eigenvalue weighted by Crippen LogP contribution is -2.41. The number of methoxy groups -OCH3 is 2. The summed E-state index contributed by atoms with van der Waals surface area (Å²) in [4.78, 5) is 28.3. The van der Waals surface area contributed by atoms with Gasteiger partial charge in [-0.05, 0) is 49.6 Å². The third-order valence-corrected chi connectivity index (χ3v) is 6.49. The first-order chi connectivity index (χ1) is 19.4. The molecule has 0 radical (unpaired) electrons. The van der Waals surface area contributed by atoms with Crippen molar-refractivity contribution in [1.82, 2.24) is 14.7 Å². The second kappa shape index (κ2) is 12.8. The highest BCUT2D eigenvalue weighted by atomic mass is 16.5. The zero-order chi connectivity index (χ0) is 28.6. The Bertz CT molecular complexity index is 1480. The summed E-state index contributed by atoms with van der Waals surface area (Å²) in [6.07, 6.45) is 0.677. The molecule has 3 aromatic carbocycles. The number of amides is 3. The molecule has 9 nitrogen and oxygen atoms in total. The van der Waals surface area contributed by atoms with Crippen LogP contribution in [0.2, 0.25) is 0 Å². The summed E-state index contributed by atoms with van der Waals surface area (Å²) < 4.78 is 12.4. The number of aryl methyl sites for hydroxylation is 2. The van der Waals surface area contributed by atoms with Crippen LogP contribution < -0.4 is 20.1 Å². The van der Waals surface area contributed by atoms with Gasteiger partial charge in [0.1, 0.15) is 23.9 Å². The number of hydrogen-bond donors (Lipinski definition) is 2. The van der Waals surface area contributed by atoms with Crippen LogP contribution in [0.3, 0.4) is 0 Å². The van der Waals surface area contributed by atoms with Crippen LogP contribution >= 0.6 is 0 Å². The van der Waals surface area contributed by atoms with Crippen molar-refractivity contribution in [3.05, 3.63) is 84.1 Å². The molecule has 2 N–H and O–H groups in total. The topological polar surface area (TPSA) is 97.7 Å². The Hall–Kier alpha value is -4.79. The Kier molecular flexibility index (Phi) is 9.06. The van der Waals surface area contributed by atoms with E-state index in [0.717, 1.165) is 28.1 Å². The van der Waals surface area contributed by atoms with Crippen LogP contribution in [0.25, 0.3) is 16.8 Å². The fraction of sp³-hybridized carbons (Fsp3) is 0.258. The summed E-state index contributed by atoms with van der Waals surface area (Å²) in [5.41, 5.74) is 4.89. The number of aromatic nitrogens is 2. The Morgan fingerprint density at radius 2 is 1.65 bits per heavy atom. The van der Waals surface area contributed by atoms with Gasteiger partial charge in [-0.25, -0.2) is 9.48 Å². The molecule has 3 amide bonds. The van der Waals surface area contributed by atoms with Crippen molar-refractivity contribution in [2.24, 2.45) is 0 Å². The number of anilines is 2. The molecule has 0 fully saturated rings. The fourth-order valence-corrected chi connectivity index (χ4v) is 4.53. The van der Waals surface area contributed by atoms with Gasteiger partial charge in [-0.2, -0.15) is 5.10 Å². The van der Waals surface area contributed by atoms with Crippen LogP contribution in [0.15, 0.2) is 72.8 Å². The number of benzene rings is 3. The zero-order valence-electron chi connectivity index (χ0n) is 23.5. The molecule has 0 aliphatic rings. The van der Waals surface area contributed by atoms with E-state index in [2.05, 4.69) is 10.6 Å². The molecule has 0 spiro atoms. The Morgan fingerprint density at radius 1 is 0.925 bits per heavy atom. The van der Waals surface area contributed by atoms with Crippen molar-refractivity contribution in [3.8, 4) is 28.3 Å². The number of carbonyl (C=O) groups is 2. The molecule has 0 aliphatic heterocycles. The predicted octanol–water partition coefficient (Wildman–Crippen LogP) is 6.06. The van der Waals surface area contributed by atoms with Gasteiger partial charge < -0.3 is 25.0 Å². The summed E-state index contributed by atoms with van der Waals surface area (Å²) in [7, 11) is 3.08. The molecule has 1 heterocycles. The average Bonchev–Trinajstić information content (AvgIpc) is 3.28. The van der Waals surface area contributed by atoms with Crippen LogP contribution in [0.1, 0.15) is 24.6 Å². The summed E-state index contributed by atoms with van der Waals surface area (Å²) in [6.45, 7) is 6.12. The highest BCUT2D eigenvalue weighted by Crippen LogP contribution is 2.34.